The molecule has 0 aliphatic carbocycles. The quantitative estimate of drug-likeness (QED) is 0.571. The highest BCUT2D eigenvalue weighted by molar-refractivity contribution is 5.96. The van der Waals surface area contributed by atoms with Crippen molar-refractivity contribution in [2.45, 2.75) is 13.3 Å². The molecule has 2 heterocycles. The number of hydrogen-bond acceptors (Lipinski definition) is 3. The Morgan fingerprint density at radius 1 is 0.960 bits per heavy atom. The molecule has 4 rings (SSSR count). The molecular weight excluding hydrogens is 310 g/mol. The zero-order valence-electron chi connectivity index (χ0n) is 13.9. The molecule has 122 valence electrons. The fourth-order valence-corrected chi connectivity index (χ4v) is 3.23. The molecule has 0 unspecified atom stereocenters. The molecular formula is C21H17N3O. The van der Waals surface area contributed by atoms with Crippen LogP contribution in [-0.4, -0.2) is 14.8 Å². The lowest BCUT2D eigenvalue weighted by Gasteiger charge is -2.15. The van der Waals surface area contributed by atoms with Crippen molar-refractivity contribution >= 4 is 10.8 Å². The van der Waals surface area contributed by atoms with Crippen LogP contribution in [-0.2, 0) is 6.42 Å². The highest BCUT2D eigenvalue weighted by Crippen LogP contribution is 2.27. The smallest absolute Gasteiger partial charge is 0.263 e. The molecule has 0 saturated heterocycles. The molecule has 0 atom stereocenters. The average Bonchev–Trinajstić information content (AvgIpc) is 2.68. The number of para-hydroxylation sites is 1. The first-order valence-electron chi connectivity index (χ1n) is 8.29. The van der Waals surface area contributed by atoms with E-state index in [9.17, 15) is 4.79 Å². The normalized spacial score (nSPS) is 10.9. The molecule has 0 aliphatic heterocycles. The monoisotopic (exact) mass is 327 g/mol. The summed E-state index contributed by atoms with van der Waals surface area (Å²) in [6.45, 7) is 2.07. The summed E-state index contributed by atoms with van der Waals surface area (Å²) in [4.78, 5) is 13.4. The highest BCUT2D eigenvalue weighted by atomic mass is 16.1. The van der Waals surface area contributed by atoms with Gasteiger partial charge >= 0.3 is 0 Å². The third kappa shape index (κ3) is 2.62. The predicted molar refractivity (Wildman–Crippen MR) is 99.9 cm³/mol. The second-order valence-electron chi connectivity index (χ2n) is 5.87. The van der Waals surface area contributed by atoms with Crippen LogP contribution < -0.4 is 5.56 Å². The van der Waals surface area contributed by atoms with Crippen LogP contribution in [0.5, 0.6) is 0 Å². The first-order valence-corrected chi connectivity index (χ1v) is 8.29. The number of pyridine rings is 1. The third-order valence-corrected chi connectivity index (χ3v) is 4.39. The molecule has 4 nitrogen and oxygen atoms in total. The molecule has 0 aliphatic rings. The van der Waals surface area contributed by atoms with Gasteiger partial charge in [-0.1, -0.05) is 43.3 Å². The number of hydrogen-bond donors (Lipinski definition) is 0. The van der Waals surface area contributed by atoms with E-state index in [0.717, 1.165) is 34.3 Å². The van der Waals surface area contributed by atoms with Gasteiger partial charge in [-0.15, -0.1) is 0 Å². The largest absolute Gasteiger partial charge is 0.281 e. The maximum Gasteiger partial charge on any atom is 0.263 e. The standard InChI is InChI=1S/C21H17N3O/c1-2-17-13-15-7-6-10-19(16-11-12-22-23-14-16)20(15)21(25)24(17)18-8-4-3-5-9-18/h3-14H,2H2,1H3. The highest BCUT2D eigenvalue weighted by Gasteiger charge is 2.14. The van der Waals surface area contributed by atoms with Crippen LogP contribution >= 0.6 is 0 Å². The van der Waals surface area contributed by atoms with E-state index in [2.05, 4.69) is 23.2 Å². The predicted octanol–water partition coefficient (Wildman–Crippen LogP) is 4.01. The molecule has 2 aromatic carbocycles. The van der Waals surface area contributed by atoms with Crippen LogP contribution in [0.3, 0.4) is 0 Å². The van der Waals surface area contributed by atoms with E-state index in [-0.39, 0.29) is 5.56 Å². The molecule has 0 N–H and O–H groups in total. The molecule has 0 fully saturated rings. The Hall–Kier alpha value is -3.27. The minimum atomic E-state index is -0.00652. The Balaban J connectivity index is 2.11. The van der Waals surface area contributed by atoms with Crippen LogP contribution in [0, 0.1) is 0 Å². The van der Waals surface area contributed by atoms with Gasteiger partial charge in [0, 0.05) is 16.9 Å². The second-order valence-corrected chi connectivity index (χ2v) is 5.87. The number of rotatable bonds is 3. The maximum atomic E-state index is 13.4. The Morgan fingerprint density at radius 3 is 2.52 bits per heavy atom. The number of nitrogens with zero attached hydrogens (tertiary/aromatic N) is 3. The minimum absolute atomic E-state index is 0.00652. The molecule has 0 spiro atoms. The van der Waals surface area contributed by atoms with Crippen LogP contribution in [0.25, 0.3) is 27.6 Å². The molecule has 4 aromatic rings. The molecule has 25 heavy (non-hydrogen) atoms. The summed E-state index contributed by atoms with van der Waals surface area (Å²) in [6, 6.07) is 19.7. The topological polar surface area (TPSA) is 47.8 Å². The van der Waals surface area contributed by atoms with E-state index in [1.165, 1.54) is 0 Å². The van der Waals surface area contributed by atoms with E-state index >= 15 is 0 Å². The molecule has 0 radical (unpaired) electrons. The molecule has 2 aromatic heterocycles. The first-order chi connectivity index (χ1) is 12.3. The van der Waals surface area contributed by atoms with Gasteiger partial charge in [0.1, 0.15) is 0 Å². The Labute approximate surface area is 145 Å². The number of aromatic nitrogens is 3. The number of fused-ring (bicyclic) bond motifs is 1. The third-order valence-electron chi connectivity index (χ3n) is 4.39. The Bertz CT molecular complexity index is 1090. The van der Waals surface area contributed by atoms with Crippen LogP contribution in [0.2, 0.25) is 0 Å². The van der Waals surface area contributed by atoms with E-state index in [4.69, 9.17) is 0 Å². The van der Waals surface area contributed by atoms with Crippen molar-refractivity contribution in [2.75, 3.05) is 0 Å². The maximum absolute atomic E-state index is 13.4. The lowest BCUT2D eigenvalue weighted by molar-refractivity contribution is 0.889. The lowest BCUT2D eigenvalue weighted by atomic mass is 10.00. The van der Waals surface area contributed by atoms with Crippen LogP contribution in [0.15, 0.2) is 77.9 Å². The Kier molecular flexibility index (Phi) is 3.86. The molecule has 0 bridgehead atoms. The fourth-order valence-electron chi connectivity index (χ4n) is 3.23. The summed E-state index contributed by atoms with van der Waals surface area (Å²) in [7, 11) is 0. The zero-order chi connectivity index (χ0) is 17.2. The van der Waals surface area contributed by atoms with Crippen LogP contribution in [0.4, 0.5) is 0 Å². The van der Waals surface area contributed by atoms with Gasteiger partial charge in [-0.25, -0.2) is 0 Å². The van der Waals surface area contributed by atoms with Gasteiger partial charge in [-0.3, -0.25) is 9.36 Å². The van der Waals surface area contributed by atoms with Crippen LogP contribution in [0.1, 0.15) is 12.6 Å². The van der Waals surface area contributed by atoms with Gasteiger partial charge in [-0.2, -0.15) is 10.2 Å². The number of aryl methyl sites for hydroxylation is 1. The summed E-state index contributed by atoms with van der Waals surface area (Å²) in [5.41, 5.74) is 3.64. The first kappa shape index (κ1) is 15.3. The SMILES string of the molecule is CCc1cc2cccc(-c3ccnnc3)c2c(=O)n1-c1ccccc1. The van der Waals surface area contributed by atoms with Crippen molar-refractivity contribution in [3.63, 3.8) is 0 Å². The van der Waals surface area contributed by atoms with E-state index in [1.54, 1.807) is 17.0 Å². The average molecular weight is 327 g/mol. The fraction of sp³-hybridized carbons (Fsp3) is 0.0952. The molecule has 0 amide bonds. The summed E-state index contributed by atoms with van der Waals surface area (Å²) in [5, 5.41) is 9.44. The number of benzene rings is 2. The van der Waals surface area contributed by atoms with Crippen molar-refractivity contribution in [1.82, 2.24) is 14.8 Å². The lowest BCUT2D eigenvalue weighted by Crippen LogP contribution is -2.22. The van der Waals surface area contributed by atoms with E-state index in [0.29, 0.717) is 5.39 Å². The van der Waals surface area contributed by atoms with Crippen molar-refractivity contribution in [2.24, 2.45) is 0 Å². The van der Waals surface area contributed by atoms with Crippen molar-refractivity contribution in [1.29, 1.82) is 0 Å². The summed E-state index contributed by atoms with van der Waals surface area (Å²) in [6.07, 6.45) is 4.11. The van der Waals surface area contributed by atoms with Gasteiger partial charge in [0.05, 0.1) is 17.8 Å². The summed E-state index contributed by atoms with van der Waals surface area (Å²) in [5.74, 6) is 0. The molecule has 0 saturated carbocycles. The van der Waals surface area contributed by atoms with Gasteiger partial charge in [0.25, 0.3) is 5.56 Å². The van der Waals surface area contributed by atoms with Crippen molar-refractivity contribution in [3.8, 4) is 16.8 Å². The zero-order valence-corrected chi connectivity index (χ0v) is 13.9. The van der Waals surface area contributed by atoms with E-state index in [1.807, 2.05) is 54.6 Å². The van der Waals surface area contributed by atoms with Gasteiger partial charge in [-0.05, 0) is 41.6 Å². The second kappa shape index (κ2) is 6.32. The van der Waals surface area contributed by atoms with Gasteiger partial charge in [0.15, 0.2) is 0 Å². The van der Waals surface area contributed by atoms with Gasteiger partial charge in [0.2, 0.25) is 0 Å². The molecule has 4 heteroatoms. The van der Waals surface area contributed by atoms with Crippen molar-refractivity contribution < 1.29 is 0 Å². The van der Waals surface area contributed by atoms with Gasteiger partial charge < -0.3 is 0 Å². The summed E-state index contributed by atoms with van der Waals surface area (Å²) >= 11 is 0. The minimum Gasteiger partial charge on any atom is -0.281 e. The summed E-state index contributed by atoms with van der Waals surface area (Å²) < 4.78 is 1.81. The van der Waals surface area contributed by atoms with Crippen molar-refractivity contribution in [3.05, 3.63) is 89.1 Å². The van der Waals surface area contributed by atoms with E-state index < -0.39 is 0 Å². The Morgan fingerprint density at radius 2 is 1.80 bits per heavy atom.